The van der Waals surface area contributed by atoms with Crippen molar-refractivity contribution in [2.45, 2.75) is 17.5 Å². The van der Waals surface area contributed by atoms with Crippen LogP contribution >= 0.6 is 0 Å². The Kier molecular flexibility index (Phi) is 9.49. The minimum Gasteiger partial charge on any atom is -0.475 e. The maximum Gasteiger partial charge on any atom is 0.490 e. The number of alkyl halides is 3. The molecule has 47 heavy (non-hydrogen) atoms. The van der Waals surface area contributed by atoms with E-state index in [1.165, 1.54) is 0 Å². The van der Waals surface area contributed by atoms with Crippen LogP contribution in [-0.2, 0) is 21.2 Å². The van der Waals surface area contributed by atoms with Gasteiger partial charge < -0.3 is 19.7 Å². The molecule has 0 saturated heterocycles. The predicted molar refractivity (Wildman–Crippen MR) is 173 cm³/mol. The third-order valence-corrected chi connectivity index (χ3v) is 8.45. The summed E-state index contributed by atoms with van der Waals surface area (Å²) in [6.45, 7) is 0. The van der Waals surface area contributed by atoms with Crippen LogP contribution in [0.5, 0.6) is 11.5 Å². The number of ether oxygens (including phenoxy) is 1. The van der Waals surface area contributed by atoms with Gasteiger partial charge in [0.25, 0.3) is 10.0 Å². The molecule has 5 aromatic carbocycles. The molecule has 0 aliphatic heterocycles. The molecular weight excluding hydrogens is 633 g/mol. The van der Waals surface area contributed by atoms with Gasteiger partial charge in [-0.05, 0) is 66.2 Å². The Morgan fingerprint density at radius 3 is 2.17 bits per heavy atom. The number of rotatable bonds is 8. The van der Waals surface area contributed by atoms with E-state index in [9.17, 15) is 21.6 Å². The minimum absolute atomic E-state index is 0.248. The lowest BCUT2D eigenvalue weighted by molar-refractivity contribution is -0.785. The van der Waals surface area contributed by atoms with Crippen LogP contribution in [-0.4, -0.2) is 49.7 Å². The number of aromatic nitrogens is 2. The minimum atomic E-state index is -5.08. The number of aromatic amines is 1. The highest BCUT2D eigenvalue weighted by atomic mass is 32.2. The fourth-order valence-electron chi connectivity index (χ4n) is 4.86. The normalized spacial score (nSPS) is 11.7. The Hall–Kier alpha value is -5.40. The van der Waals surface area contributed by atoms with Crippen LogP contribution in [0.1, 0.15) is 11.4 Å². The number of halogens is 3. The van der Waals surface area contributed by atoms with Gasteiger partial charge >= 0.3 is 12.1 Å². The number of benzene rings is 5. The molecule has 0 aliphatic rings. The maximum absolute atomic E-state index is 13.5. The van der Waals surface area contributed by atoms with E-state index in [2.05, 4.69) is 9.71 Å². The van der Waals surface area contributed by atoms with Crippen LogP contribution in [0.4, 0.5) is 24.5 Å². The quantitative estimate of drug-likeness (QED) is 0.151. The molecule has 1 aromatic heterocycles. The molecule has 0 saturated carbocycles. The zero-order chi connectivity index (χ0) is 33.8. The zero-order valence-electron chi connectivity index (χ0n) is 25.2. The molecule has 4 N–H and O–H groups in total. The van der Waals surface area contributed by atoms with E-state index >= 15 is 0 Å². The first-order valence-corrected chi connectivity index (χ1v) is 15.7. The number of imidazole rings is 1. The van der Waals surface area contributed by atoms with Gasteiger partial charge in [0.05, 0.1) is 35.7 Å². The van der Waals surface area contributed by atoms with E-state index in [0.717, 1.165) is 49.9 Å². The number of sulfonamides is 1. The highest BCUT2D eigenvalue weighted by Crippen LogP contribution is 2.29. The van der Waals surface area contributed by atoms with Crippen LogP contribution in [0, 0.1) is 0 Å². The van der Waals surface area contributed by atoms with Crippen LogP contribution in [0.3, 0.4) is 0 Å². The first-order chi connectivity index (χ1) is 22.3. The number of nitrogens with zero attached hydrogens (tertiary/aromatic N) is 1. The molecule has 6 aromatic rings. The molecular formula is C34H30F3N4O5S+. The molecule has 0 bridgehead atoms. The lowest BCUT2D eigenvalue weighted by Gasteiger charge is -2.14. The van der Waals surface area contributed by atoms with Crippen LogP contribution in [0.2, 0.25) is 0 Å². The second-order valence-electron chi connectivity index (χ2n) is 10.7. The van der Waals surface area contributed by atoms with Crippen molar-refractivity contribution >= 4 is 49.2 Å². The molecule has 13 heteroatoms. The number of aliphatic carboxylic acids is 1. The number of carboxylic acid groups (broad SMARTS) is 1. The average molecular weight is 664 g/mol. The van der Waals surface area contributed by atoms with Gasteiger partial charge in [0.2, 0.25) is 0 Å². The summed E-state index contributed by atoms with van der Waals surface area (Å²) in [5.74, 6) is -0.410. The van der Waals surface area contributed by atoms with Gasteiger partial charge in [0.15, 0.2) is 0 Å². The largest absolute Gasteiger partial charge is 0.490 e. The average Bonchev–Trinajstić information content (AvgIpc) is 3.43. The van der Waals surface area contributed by atoms with Crippen LogP contribution in [0.15, 0.2) is 114 Å². The second-order valence-corrected chi connectivity index (χ2v) is 12.4. The highest BCUT2D eigenvalue weighted by molar-refractivity contribution is 7.93. The molecule has 9 nitrogen and oxygen atoms in total. The first kappa shape index (κ1) is 33.0. The van der Waals surface area contributed by atoms with Crippen molar-refractivity contribution < 1.29 is 41.1 Å². The summed E-state index contributed by atoms with van der Waals surface area (Å²) in [7, 11) is 0.226. The Morgan fingerprint density at radius 2 is 1.51 bits per heavy atom. The van der Waals surface area contributed by atoms with E-state index < -0.39 is 22.2 Å². The number of quaternary nitrogens is 1. The summed E-state index contributed by atoms with van der Waals surface area (Å²) in [5, 5.41) is 8.73. The molecule has 0 amide bonds. The summed E-state index contributed by atoms with van der Waals surface area (Å²) >= 11 is 0. The lowest BCUT2D eigenvalue weighted by Crippen LogP contribution is -3.00. The molecule has 242 valence electrons. The maximum atomic E-state index is 13.5. The SMILES string of the molecule is C[NH+](C)c1cccc2c(S(=O)(=O)Nc3ccc4nc(Cc5ccc(Oc6ccccc6)cc5)[nH]c4c3)cccc12.O=C(O)C(F)(F)F. The van der Waals surface area contributed by atoms with Gasteiger partial charge in [-0.15, -0.1) is 0 Å². The zero-order valence-corrected chi connectivity index (χ0v) is 26.0. The van der Waals surface area contributed by atoms with E-state index in [0.29, 0.717) is 17.5 Å². The molecule has 0 atom stereocenters. The van der Waals surface area contributed by atoms with Crippen LogP contribution < -0.4 is 14.4 Å². The molecule has 0 fully saturated rings. The standard InChI is InChI=1S/C32H28N4O3S.C2HF3O2/c1-36(2)30-12-6-11-27-26(30)10-7-13-31(27)40(37,38)35-23-16-19-28-29(21-23)34-32(33-28)20-22-14-17-25(18-15-22)39-24-8-4-3-5-9-24;3-2(4,5)1(6)7/h3-19,21,35H,20H2,1-2H3,(H,33,34);(H,6,7)/p+1. The Labute approximate surface area is 268 Å². The third kappa shape index (κ3) is 8.07. The number of hydrogen-bond donors (Lipinski definition) is 4. The van der Waals surface area contributed by atoms with Gasteiger partial charge in [-0.2, -0.15) is 13.2 Å². The van der Waals surface area contributed by atoms with E-state index in [1.807, 2.05) is 99.0 Å². The van der Waals surface area contributed by atoms with Gasteiger partial charge in [0, 0.05) is 17.2 Å². The Balaban J connectivity index is 0.000000559. The van der Waals surface area contributed by atoms with Crippen molar-refractivity contribution in [1.29, 1.82) is 0 Å². The van der Waals surface area contributed by atoms with Crippen molar-refractivity contribution in [3.05, 3.63) is 121 Å². The Morgan fingerprint density at radius 1 is 0.872 bits per heavy atom. The van der Waals surface area contributed by atoms with E-state index in [4.69, 9.17) is 19.6 Å². The number of fused-ring (bicyclic) bond motifs is 2. The third-order valence-electron chi connectivity index (χ3n) is 7.01. The summed E-state index contributed by atoms with van der Waals surface area (Å²) in [6, 6.07) is 34.0. The van der Waals surface area contributed by atoms with Crippen molar-refractivity contribution in [2.75, 3.05) is 18.8 Å². The summed E-state index contributed by atoms with van der Waals surface area (Å²) in [5.41, 5.74) is 4.12. The fourth-order valence-corrected chi connectivity index (χ4v) is 6.14. The van der Waals surface area contributed by atoms with Crippen LogP contribution in [0.25, 0.3) is 21.8 Å². The number of carboxylic acids is 1. The van der Waals surface area contributed by atoms with Gasteiger partial charge in [0.1, 0.15) is 23.0 Å². The second kappa shape index (κ2) is 13.5. The summed E-state index contributed by atoms with van der Waals surface area (Å²) in [4.78, 5) is 18.3. The summed E-state index contributed by atoms with van der Waals surface area (Å²) in [6.07, 6.45) is -4.48. The highest BCUT2D eigenvalue weighted by Gasteiger charge is 2.38. The van der Waals surface area contributed by atoms with Crippen molar-refractivity contribution in [1.82, 2.24) is 9.97 Å². The molecule has 6 rings (SSSR count). The molecule has 0 radical (unpaired) electrons. The van der Waals surface area contributed by atoms with E-state index in [1.54, 1.807) is 24.3 Å². The first-order valence-electron chi connectivity index (χ1n) is 14.3. The Bertz CT molecular complexity index is 2130. The number of para-hydroxylation sites is 1. The number of hydrogen-bond acceptors (Lipinski definition) is 5. The monoisotopic (exact) mass is 663 g/mol. The summed E-state index contributed by atoms with van der Waals surface area (Å²) < 4.78 is 67.3. The molecule has 0 spiro atoms. The topological polar surface area (TPSA) is 126 Å². The van der Waals surface area contributed by atoms with E-state index in [-0.39, 0.29) is 4.90 Å². The molecule has 0 aliphatic carbocycles. The number of anilines is 1. The smallest absolute Gasteiger partial charge is 0.475 e. The fraction of sp³-hybridized carbons (Fsp3) is 0.118. The van der Waals surface area contributed by atoms with Gasteiger partial charge in [-0.3, -0.25) is 4.72 Å². The molecule has 1 heterocycles. The van der Waals surface area contributed by atoms with Crippen molar-refractivity contribution in [3.63, 3.8) is 0 Å². The molecule has 0 unspecified atom stereocenters. The van der Waals surface area contributed by atoms with Crippen molar-refractivity contribution in [2.24, 2.45) is 0 Å². The van der Waals surface area contributed by atoms with Gasteiger partial charge in [-0.1, -0.05) is 48.5 Å². The number of carbonyl (C=O) groups is 1. The number of H-pyrrole nitrogens is 1. The lowest BCUT2D eigenvalue weighted by atomic mass is 10.1. The predicted octanol–water partition coefficient (Wildman–Crippen LogP) is 6.31. The van der Waals surface area contributed by atoms with Crippen molar-refractivity contribution in [3.8, 4) is 11.5 Å². The van der Waals surface area contributed by atoms with Gasteiger partial charge in [-0.25, -0.2) is 18.2 Å². The number of nitrogens with one attached hydrogen (secondary N) is 3.